The highest BCUT2D eigenvalue weighted by Gasteiger charge is 2.17. The van der Waals surface area contributed by atoms with E-state index in [-0.39, 0.29) is 12.1 Å². The number of methoxy groups -OCH3 is 1. The van der Waals surface area contributed by atoms with Crippen LogP contribution in [-0.4, -0.2) is 26.2 Å². The van der Waals surface area contributed by atoms with E-state index in [0.29, 0.717) is 17.7 Å². The van der Waals surface area contributed by atoms with Crippen molar-refractivity contribution in [1.82, 2.24) is 19.1 Å². The smallest absolute Gasteiger partial charge is 0.280 e. The zero-order chi connectivity index (χ0) is 17.8. The van der Waals surface area contributed by atoms with Gasteiger partial charge in [-0.2, -0.15) is 0 Å². The quantitative estimate of drug-likeness (QED) is 0.649. The Bertz CT molecular complexity index is 978. The third-order valence-electron chi connectivity index (χ3n) is 4.08. The number of hydrogen-bond acceptors (Lipinski definition) is 4. The fourth-order valence-electron chi connectivity index (χ4n) is 2.76. The molecule has 0 radical (unpaired) electrons. The Kier molecular flexibility index (Phi) is 4.85. The standard InChI is InChI=1S/C19H20N4O2/c1-4-6-12-23-16-17(20-13-22(11-5-2)19(16)24)21-18(23)14-7-9-15(25-3)10-8-14/h2,7-10,13H,4,6,11-12H2,1,3H3. The van der Waals surface area contributed by atoms with E-state index < -0.39 is 0 Å². The molecule has 128 valence electrons. The van der Waals surface area contributed by atoms with Crippen LogP contribution in [-0.2, 0) is 13.1 Å². The SMILES string of the molecule is C#CCn1cnc2nc(-c3ccc(OC)cc3)n(CCCC)c2c1=O. The number of hydrogen-bond donors (Lipinski definition) is 0. The summed E-state index contributed by atoms with van der Waals surface area (Å²) in [6.45, 7) is 3.00. The highest BCUT2D eigenvalue weighted by Crippen LogP contribution is 2.25. The Balaban J connectivity index is 2.21. The predicted molar refractivity (Wildman–Crippen MR) is 97.5 cm³/mol. The van der Waals surface area contributed by atoms with Gasteiger partial charge in [-0.1, -0.05) is 19.3 Å². The van der Waals surface area contributed by atoms with E-state index >= 15 is 0 Å². The lowest BCUT2D eigenvalue weighted by Gasteiger charge is -2.09. The Morgan fingerprint density at radius 3 is 2.68 bits per heavy atom. The van der Waals surface area contributed by atoms with Crippen molar-refractivity contribution in [1.29, 1.82) is 0 Å². The highest BCUT2D eigenvalue weighted by molar-refractivity contribution is 5.76. The molecule has 0 N–H and O–H groups in total. The summed E-state index contributed by atoms with van der Waals surface area (Å²) in [5, 5.41) is 0. The van der Waals surface area contributed by atoms with Crippen molar-refractivity contribution in [2.45, 2.75) is 32.9 Å². The molecule has 0 atom stereocenters. The minimum Gasteiger partial charge on any atom is -0.497 e. The van der Waals surface area contributed by atoms with Gasteiger partial charge in [-0.15, -0.1) is 6.42 Å². The second-order valence-electron chi connectivity index (χ2n) is 5.72. The van der Waals surface area contributed by atoms with Crippen LogP contribution >= 0.6 is 0 Å². The van der Waals surface area contributed by atoms with Crippen LogP contribution in [0.15, 0.2) is 35.4 Å². The summed E-state index contributed by atoms with van der Waals surface area (Å²) < 4.78 is 8.59. The molecule has 0 fully saturated rings. The van der Waals surface area contributed by atoms with Gasteiger partial charge in [-0.05, 0) is 30.7 Å². The Labute approximate surface area is 146 Å². The van der Waals surface area contributed by atoms with Crippen molar-refractivity contribution in [3.63, 3.8) is 0 Å². The summed E-state index contributed by atoms with van der Waals surface area (Å²) in [6.07, 6.45) is 8.76. The number of unbranched alkanes of at least 4 members (excludes halogenated alkanes) is 1. The number of benzene rings is 1. The van der Waals surface area contributed by atoms with Crippen LogP contribution in [0.3, 0.4) is 0 Å². The molecule has 0 aliphatic carbocycles. The number of terminal acetylenes is 1. The number of rotatable bonds is 6. The fourth-order valence-corrected chi connectivity index (χ4v) is 2.76. The number of aryl methyl sites for hydroxylation is 1. The van der Waals surface area contributed by atoms with Gasteiger partial charge >= 0.3 is 0 Å². The summed E-state index contributed by atoms with van der Waals surface area (Å²) in [7, 11) is 1.63. The van der Waals surface area contributed by atoms with Crippen molar-refractivity contribution in [2.24, 2.45) is 0 Å². The first-order valence-corrected chi connectivity index (χ1v) is 8.23. The van der Waals surface area contributed by atoms with Crippen LogP contribution in [0.2, 0.25) is 0 Å². The normalized spacial score (nSPS) is 10.8. The maximum Gasteiger partial charge on any atom is 0.280 e. The number of imidazole rings is 1. The first-order chi connectivity index (χ1) is 12.2. The number of aromatic nitrogens is 4. The van der Waals surface area contributed by atoms with Gasteiger partial charge in [0.15, 0.2) is 11.2 Å². The lowest BCUT2D eigenvalue weighted by molar-refractivity contribution is 0.415. The van der Waals surface area contributed by atoms with Crippen molar-refractivity contribution >= 4 is 11.2 Å². The zero-order valence-corrected chi connectivity index (χ0v) is 14.4. The molecule has 0 aliphatic rings. The zero-order valence-electron chi connectivity index (χ0n) is 14.4. The average molecular weight is 336 g/mol. The number of fused-ring (bicyclic) bond motifs is 1. The van der Waals surface area contributed by atoms with E-state index in [1.165, 1.54) is 10.9 Å². The summed E-state index contributed by atoms with van der Waals surface area (Å²) in [6, 6.07) is 7.62. The van der Waals surface area contributed by atoms with Gasteiger partial charge in [0.1, 0.15) is 17.9 Å². The van der Waals surface area contributed by atoms with Crippen molar-refractivity contribution < 1.29 is 4.74 Å². The van der Waals surface area contributed by atoms with Gasteiger partial charge < -0.3 is 9.30 Å². The molecule has 0 bridgehead atoms. The molecule has 3 rings (SSSR count). The van der Waals surface area contributed by atoms with E-state index in [0.717, 1.165) is 30.0 Å². The largest absolute Gasteiger partial charge is 0.497 e. The van der Waals surface area contributed by atoms with Crippen LogP contribution in [0.5, 0.6) is 5.75 Å². The Morgan fingerprint density at radius 2 is 2.04 bits per heavy atom. The van der Waals surface area contributed by atoms with Crippen LogP contribution in [0.25, 0.3) is 22.6 Å². The summed E-state index contributed by atoms with van der Waals surface area (Å²) >= 11 is 0. The second kappa shape index (κ2) is 7.22. The lowest BCUT2D eigenvalue weighted by Crippen LogP contribution is -2.22. The topological polar surface area (TPSA) is 61.9 Å². The monoisotopic (exact) mass is 336 g/mol. The van der Waals surface area contributed by atoms with Crippen molar-refractivity contribution in [2.75, 3.05) is 7.11 Å². The molecule has 3 aromatic rings. The molecular formula is C19H20N4O2. The predicted octanol–water partition coefficient (Wildman–Crippen LogP) is 2.70. The summed E-state index contributed by atoms with van der Waals surface area (Å²) in [5.74, 6) is 3.99. The molecule has 0 spiro atoms. The van der Waals surface area contributed by atoms with Crippen molar-refractivity contribution in [3.8, 4) is 29.5 Å². The van der Waals surface area contributed by atoms with Gasteiger partial charge in [-0.25, -0.2) is 9.97 Å². The summed E-state index contributed by atoms with van der Waals surface area (Å²) in [5.41, 5.74) is 1.70. The van der Waals surface area contributed by atoms with Gasteiger partial charge in [0, 0.05) is 12.1 Å². The van der Waals surface area contributed by atoms with E-state index in [1.807, 2.05) is 28.8 Å². The number of ether oxygens (including phenoxy) is 1. The molecule has 1 aromatic carbocycles. The third kappa shape index (κ3) is 3.13. The molecule has 6 heteroatoms. The van der Waals surface area contributed by atoms with Gasteiger partial charge in [0.05, 0.1) is 13.7 Å². The van der Waals surface area contributed by atoms with E-state index in [1.54, 1.807) is 7.11 Å². The van der Waals surface area contributed by atoms with Crippen LogP contribution in [0.1, 0.15) is 19.8 Å². The number of nitrogens with zero attached hydrogens (tertiary/aromatic N) is 4. The molecule has 2 heterocycles. The van der Waals surface area contributed by atoms with Gasteiger partial charge in [0.25, 0.3) is 5.56 Å². The van der Waals surface area contributed by atoms with Crippen LogP contribution in [0.4, 0.5) is 0 Å². The highest BCUT2D eigenvalue weighted by atomic mass is 16.5. The second-order valence-corrected chi connectivity index (χ2v) is 5.72. The molecule has 0 saturated carbocycles. The van der Waals surface area contributed by atoms with E-state index in [9.17, 15) is 4.79 Å². The molecule has 2 aromatic heterocycles. The molecular weight excluding hydrogens is 316 g/mol. The molecule has 25 heavy (non-hydrogen) atoms. The van der Waals surface area contributed by atoms with E-state index in [4.69, 9.17) is 11.2 Å². The van der Waals surface area contributed by atoms with Gasteiger partial charge in [-0.3, -0.25) is 9.36 Å². The first-order valence-electron chi connectivity index (χ1n) is 8.23. The summed E-state index contributed by atoms with van der Waals surface area (Å²) in [4.78, 5) is 21.7. The van der Waals surface area contributed by atoms with Crippen molar-refractivity contribution in [3.05, 3.63) is 40.9 Å². The minimum absolute atomic E-state index is 0.161. The minimum atomic E-state index is -0.161. The lowest BCUT2D eigenvalue weighted by atomic mass is 10.2. The molecule has 0 saturated heterocycles. The van der Waals surface area contributed by atoms with Crippen LogP contribution < -0.4 is 10.3 Å². The molecule has 6 nitrogen and oxygen atoms in total. The average Bonchev–Trinajstić information content (AvgIpc) is 3.02. The van der Waals surface area contributed by atoms with Gasteiger partial charge in [0.2, 0.25) is 0 Å². The van der Waals surface area contributed by atoms with Crippen LogP contribution in [0, 0.1) is 12.3 Å². The maximum absolute atomic E-state index is 12.8. The molecule has 0 amide bonds. The Morgan fingerprint density at radius 1 is 1.28 bits per heavy atom. The Hall–Kier alpha value is -3.07. The third-order valence-corrected chi connectivity index (χ3v) is 4.08. The van der Waals surface area contributed by atoms with E-state index in [2.05, 4.69) is 22.8 Å². The maximum atomic E-state index is 12.8. The first kappa shape index (κ1) is 16.8. The fraction of sp³-hybridized carbons (Fsp3) is 0.316. The molecule has 0 aliphatic heterocycles. The molecule has 0 unspecified atom stereocenters.